The van der Waals surface area contributed by atoms with Gasteiger partial charge in [0.05, 0.1) is 18.4 Å². The third-order valence-corrected chi connectivity index (χ3v) is 3.31. The molecule has 1 aromatic heterocycles. The fourth-order valence-corrected chi connectivity index (χ4v) is 2.34. The topological polar surface area (TPSA) is 48.1 Å². The van der Waals surface area contributed by atoms with Gasteiger partial charge in [-0.3, -0.25) is 4.98 Å². The van der Waals surface area contributed by atoms with E-state index in [2.05, 4.69) is 4.98 Å². The summed E-state index contributed by atoms with van der Waals surface area (Å²) in [7, 11) is 0. The summed E-state index contributed by atoms with van der Waals surface area (Å²) in [6.07, 6.45) is 7.06. The van der Waals surface area contributed by atoms with Crippen molar-refractivity contribution in [2.75, 3.05) is 6.54 Å². The van der Waals surface area contributed by atoms with Gasteiger partial charge in [-0.25, -0.2) is 0 Å². The van der Waals surface area contributed by atoms with Crippen molar-refractivity contribution in [1.82, 2.24) is 4.98 Å². The molecule has 0 spiro atoms. The van der Waals surface area contributed by atoms with Crippen molar-refractivity contribution in [3.8, 4) is 0 Å². The summed E-state index contributed by atoms with van der Waals surface area (Å²) < 4.78 is 5.93. The van der Waals surface area contributed by atoms with E-state index in [4.69, 9.17) is 10.5 Å². The zero-order valence-corrected chi connectivity index (χ0v) is 9.64. The molecule has 16 heavy (non-hydrogen) atoms. The van der Waals surface area contributed by atoms with Gasteiger partial charge in [0.15, 0.2) is 0 Å². The van der Waals surface area contributed by atoms with Crippen molar-refractivity contribution in [3.05, 3.63) is 30.1 Å². The molecule has 2 N–H and O–H groups in total. The number of ether oxygens (including phenoxy) is 1. The first-order valence-electron chi connectivity index (χ1n) is 6.11. The molecule has 1 heterocycles. The standard InChI is InChI=1S/C13H20N2O/c14-9-11-5-1-2-7-13(11)16-10-12-6-3-4-8-15-12/h3-4,6,8,11,13H,1-2,5,7,9-10,14H2. The molecule has 0 aliphatic heterocycles. The fraction of sp³-hybridized carbons (Fsp3) is 0.615. The second kappa shape index (κ2) is 5.97. The summed E-state index contributed by atoms with van der Waals surface area (Å²) in [6, 6.07) is 5.92. The Morgan fingerprint density at radius 3 is 2.94 bits per heavy atom. The van der Waals surface area contributed by atoms with Crippen LogP contribution in [-0.2, 0) is 11.3 Å². The van der Waals surface area contributed by atoms with Crippen LogP contribution in [0.4, 0.5) is 0 Å². The van der Waals surface area contributed by atoms with Crippen LogP contribution in [0.1, 0.15) is 31.4 Å². The number of rotatable bonds is 4. The monoisotopic (exact) mass is 220 g/mol. The largest absolute Gasteiger partial charge is 0.372 e. The lowest BCUT2D eigenvalue weighted by atomic mass is 9.86. The van der Waals surface area contributed by atoms with Gasteiger partial charge in [-0.2, -0.15) is 0 Å². The Kier molecular flexibility index (Phi) is 4.31. The molecule has 2 atom stereocenters. The Morgan fingerprint density at radius 1 is 1.31 bits per heavy atom. The first kappa shape index (κ1) is 11.6. The van der Waals surface area contributed by atoms with Gasteiger partial charge in [0.2, 0.25) is 0 Å². The molecular formula is C13H20N2O. The molecule has 0 amide bonds. The summed E-state index contributed by atoms with van der Waals surface area (Å²) in [5.74, 6) is 0.539. The lowest BCUT2D eigenvalue weighted by molar-refractivity contribution is -0.0195. The SMILES string of the molecule is NCC1CCCCC1OCc1ccccn1. The van der Waals surface area contributed by atoms with Crippen molar-refractivity contribution in [3.63, 3.8) is 0 Å². The zero-order chi connectivity index (χ0) is 11.2. The maximum absolute atomic E-state index is 5.93. The summed E-state index contributed by atoms with van der Waals surface area (Å²) in [6.45, 7) is 1.36. The highest BCUT2D eigenvalue weighted by Crippen LogP contribution is 2.26. The van der Waals surface area contributed by atoms with Crippen molar-refractivity contribution in [2.24, 2.45) is 11.7 Å². The second-order valence-electron chi connectivity index (χ2n) is 4.45. The molecule has 2 unspecified atom stereocenters. The Hall–Kier alpha value is -0.930. The quantitative estimate of drug-likeness (QED) is 0.845. The minimum atomic E-state index is 0.334. The average molecular weight is 220 g/mol. The first-order valence-corrected chi connectivity index (χ1v) is 6.11. The molecule has 0 saturated heterocycles. The van der Waals surface area contributed by atoms with Crippen LogP contribution in [-0.4, -0.2) is 17.6 Å². The summed E-state index contributed by atoms with van der Waals surface area (Å²) in [5, 5.41) is 0. The number of nitrogens with two attached hydrogens (primary N) is 1. The average Bonchev–Trinajstić information content (AvgIpc) is 2.38. The van der Waals surface area contributed by atoms with Crippen molar-refractivity contribution in [1.29, 1.82) is 0 Å². The van der Waals surface area contributed by atoms with Crippen LogP contribution in [0.25, 0.3) is 0 Å². The summed E-state index contributed by atoms with van der Waals surface area (Å²) in [5.41, 5.74) is 6.77. The molecule has 3 heteroatoms. The van der Waals surface area contributed by atoms with Gasteiger partial charge in [-0.05, 0) is 37.4 Å². The molecule has 2 rings (SSSR count). The van der Waals surface area contributed by atoms with Gasteiger partial charge >= 0.3 is 0 Å². The smallest absolute Gasteiger partial charge is 0.0891 e. The van der Waals surface area contributed by atoms with Gasteiger partial charge in [-0.1, -0.05) is 18.9 Å². The number of nitrogens with zero attached hydrogens (tertiary/aromatic N) is 1. The molecule has 0 aromatic carbocycles. The number of hydrogen-bond acceptors (Lipinski definition) is 3. The molecule has 1 aliphatic rings. The molecule has 0 bridgehead atoms. The molecule has 1 aromatic rings. The fourth-order valence-electron chi connectivity index (χ4n) is 2.34. The third-order valence-electron chi connectivity index (χ3n) is 3.31. The van der Waals surface area contributed by atoms with Gasteiger partial charge in [0.25, 0.3) is 0 Å². The maximum atomic E-state index is 5.93. The van der Waals surface area contributed by atoms with Gasteiger partial charge < -0.3 is 10.5 Å². The number of aromatic nitrogens is 1. The Morgan fingerprint density at radius 2 is 2.19 bits per heavy atom. The third kappa shape index (κ3) is 3.03. The van der Waals surface area contributed by atoms with Crippen molar-refractivity contribution in [2.45, 2.75) is 38.4 Å². The predicted molar refractivity (Wildman–Crippen MR) is 63.8 cm³/mol. The van der Waals surface area contributed by atoms with Gasteiger partial charge in [0.1, 0.15) is 0 Å². The van der Waals surface area contributed by atoms with E-state index in [-0.39, 0.29) is 0 Å². The highest BCUT2D eigenvalue weighted by molar-refractivity contribution is 5.02. The van der Waals surface area contributed by atoms with Crippen LogP contribution in [0.3, 0.4) is 0 Å². The van der Waals surface area contributed by atoms with Gasteiger partial charge in [0, 0.05) is 6.20 Å². The Balaban J connectivity index is 1.84. The lowest BCUT2D eigenvalue weighted by Crippen LogP contribution is -2.33. The van der Waals surface area contributed by atoms with Gasteiger partial charge in [-0.15, -0.1) is 0 Å². The van der Waals surface area contributed by atoms with E-state index >= 15 is 0 Å². The molecule has 1 saturated carbocycles. The minimum Gasteiger partial charge on any atom is -0.372 e. The second-order valence-corrected chi connectivity index (χ2v) is 4.45. The van der Waals surface area contributed by atoms with E-state index in [9.17, 15) is 0 Å². The normalized spacial score (nSPS) is 25.6. The molecule has 1 aliphatic carbocycles. The van der Waals surface area contributed by atoms with Crippen LogP contribution in [0.15, 0.2) is 24.4 Å². The number of hydrogen-bond donors (Lipinski definition) is 1. The van der Waals surface area contributed by atoms with Crippen LogP contribution in [0, 0.1) is 5.92 Å². The Bertz CT molecular complexity index is 302. The van der Waals surface area contributed by atoms with E-state index in [1.54, 1.807) is 6.20 Å². The summed E-state index contributed by atoms with van der Waals surface area (Å²) in [4.78, 5) is 4.26. The van der Waals surface area contributed by atoms with E-state index in [1.165, 1.54) is 19.3 Å². The summed E-state index contributed by atoms with van der Waals surface area (Å²) >= 11 is 0. The van der Waals surface area contributed by atoms with Crippen LogP contribution < -0.4 is 5.73 Å². The zero-order valence-electron chi connectivity index (χ0n) is 9.64. The predicted octanol–water partition coefficient (Wildman–Crippen LogP) is 2.12. The lowest BCUT2D eigenvalue weighted by Gasteiger charge is -2.30. The van der Waals surface area contributed by atoms with Crippen LogP contribution in [0.5, 0.6) is 0 Å². The molecular weight excluding hydrogens is 200 g/mol. The van der Waals surface area contributed by atoms with Crippen LogP contribution in [0.2, 0.25) is 0 Å². The minimum absolute atomic E-state index is 0.334. The molecule has 3 nitrogen and oxygen atoms in total. The molecule has 88 valence electrons. The van der Waals surface area contributed by atoms with E-state index in [0.29, 0.717) is 18.6 Å². The van der Waals surface area contributed by atoms with Crippen molar-refractivity contribution >= 4 is 0 Å². The van der Waals surface area contributed by atoms with Crippen LogP contribution >= 0.6 is 0 Å². The van der Waals surface area contributed by atoms with E-state index < -0.39 is 0 Å². The number of pyridine rings is 1. The highest BCUT2D eigenvalue weighted by atomic mass is 16.5. The molecule has 1 fully saturated rings. The van der Waals surface area contributed by atoms with E-state index in [0.717, 1.165) is 18.7 Å². The maximum Gasteiger partial charge on any atom is 0.0891 e. The Labute approximate surface area is 97.0 Å². The molecule has 0 radical (unpaired) electrons. The highest BCUT2D eigenvalue weighted by Gasteiger charge is 2.24. The first-order chi connectivity index (χ1) is 7.90. The van der Waals surface area contributed by atoms with Crippen molar-refractivity contribution < 1.29 is 4.74 Å². The van der Waals surface area contributed by atoms with E-state index in [1.807, 2.05) is 18.2 Å².